The first-order chi connectivity index (χ1) is 9.58. The van der Waals surface area contributed by atoms with Crippen molar-refractivity contribution in [3.8, 4) is 0 Å². The molecule has 0 spiro atoms. The lowest BCUT2D eigenvalue weighted by atomic mass is 9.72. The van der Waals surface area contributed by atoms with Crippen molar-refractivity contribution in [1.82, 2.24) is 5.32 Å². The van der Waals surface area contributed by atoms with Gasteiger partial charge in [0, 0.05) is 10.5 Å². The molecule has 0 saturated heterocycles. The van der Waals surface area contributed by atoms with Gasteiger partial charge in [0.15, 0.2) is 0 Å². The summed E-state index contributed by atoms with van der Waals surface area (Å²) in [5.41, 5.74) is 1.44. The Labute approximate surface area is 132 Å². The normalized spacial score (nSPS) is 28.3. The number of hydrogen-bond donors (Lipinski definition) is 1. The molecule has 0 radical (unpaired) electrons. The van der Waals surface area contributed by atoms with Crippen molar-refractivity contribution in [3.05, 3.63) is 34.3 Å². The van der Waals surface area contributed by atoms with Crippen LogP contribution in [0.25, 0.3) is 0 Å². The van der Waals surface area contributed by atoms with Crippen LogP contribution in [0.4, 0.5) is 0 Å². The molecule has 0 bridgehead atoms. The predicted octanol–water partition coefficient (Wildman–Crippen LogP) is 5.04. The molecular weight excluding hydrogens is 310 g/mol. The number of hydrogen-bond acceptors (Lipinski definition) is 1. The fourth-order valence-electron chi connectivity index (χ4n) is 3.92. The molecule has 0 amide bonds. The molecule has 1 nitrogen and oxygen atoms in total. The van der Waals surface area contributed by atoms with Gasteiger partial charge in [-0.3, -0.25) is 0 Å². The summed E-state index contributed by atoms with van der Waals surface area (Å²) in [5, 5.41) is 3.75. The smallest absolute Gasteiger partial charge is 0.0178 e. The number of likely N-dealkylation sites (N-methyl/N-ethyl adjacent to an activating group) is 1. The molecule has 1 saturated carbocycles. The second kappa shape index (κ2) is 7.61. The van der Waals surface area contributed by atoms with Gasteiger partial charge in [0.25, 0.3) is 0 Å². The van der Waals surface area contributed by atoms with Crippen LogP contribution in [0.1, 0.15) is 45.6 Å². The standard InChI is InChI=1S/C18H28BrN/c1-4-20-18(12-15-6-5-7-17(19)11-15)16-9-13(2)8-14(3)10-16/h5-7,11,13-14,16,18,20H,4,8-10,12H2,1-3H3. The number of nitrogens with one attached hydrogen (secondary N) is 1. The summed E-state index contributed by atoms with van der Waals surface area (Å²) in [6.07, 6.45) is 5.33. The first-order valence-electron chi connectivity index (χ1n) is 8.06. The average Bonchev–Trinajstić information content (AvgIpc) is 2.37. The fourth-order valence-corrected chi connectivity index (χ4v) is 4.37. The lowest BCUT2D eigenvalue weighted by Crippen LogP contribution is -2.41. The maximum atomic E-state index is 3.75. The third kappa shape index (κ3) is 4.60. The van der Waals surface area contributed by atoms with Crippen LogP contribution in [-0.2, 0) is 6.42 Å². The van der Waals surface area contributed by atoms with E-state index in [2.05, 4.69) is 66.3 Å². The third-order valence-electron chi connectivity index (χ3n) is 4.59. The first-order valence-corrected chi connectivity index (χ1v) is 8.85. The van der Waals surface area contributed by atoms with E-state index in [1.54, 1.807) is 0 Å². The number of rotatable bonds is 5. The summed E-state index contributed by atoms with van der Waals surface area (Å²) in [6.45, 7) is 8.14. The summed E-state index contributed by atoms with van der Waals surface area (Å²) in [7, 11) is 0. The molecule has 0 heterocycles. The van der Waals surface area contributed by atoms with Gasteiger partial charge in [-0.05, 0) is 67.7 Å². The zero-order valence-corrected chi connectivity index (χ0v) is 14.6. The first kappa shape index (κ1) is 16.0. The molecular formula is C18H28BrN. The Balaban J connectivity index is 2.06. The van der Waals surface area contributed by atoms with Crippen molar-refractivity contribution in [1.29, 1.82) is 0 Å². The molecule has 0 aromatic heterocycles. The molecule has 1 aromatic rings. The number of benzene rings is 1. The molecule has 2 heteroatoms. The maximum Gasteiger partial charge on any atom is 0.0178 e. The monoisotopic (exact) mass is 337 g/mol. The Kier molecular flexibility index (Phi) is 6.10. The molecule has 1 fully saturated rings. The minimum Gasteiger partial charge on any atom is -0.314 e. The van der Waals surface area contributed by atoms with Crippen LogP contribution in [0.5, 0.6) is 0 Å². The largest absolute Gasteiger partial charge is 0.314 e. The molecule has 3 atom stereocenters. The molecule has 3 unspecified atom stereocenters. The van der Waals surface area contributed by atoms with Gasteiger partial charge in [-0.15, -0.1) is 0 Å². The van der Waals surface area contributed by atoms with Gasteiger partial charge in [0.2, 0.25) is 0 Å². The SMILES string of the molecule is CCNC(Cc1cccc(Br)c1)C1CC(C)CC(C)C1. The Morgan fingerprint density at radius 3 is 2.50 bits per heavy atom. The van der Waals surface area contributed by atoms with E-state index < -0.39 is 0 Å². The van der Waals surface area contributed by atoms with Gasteiger partial charge in [0.05, 0.1) is 0 Å². The van der Waals surface area contributed by atoms with Crippen LogP contribution in [0.3, 0.4) is 0 Å². The molecule has 0 aliphatic heterocycles. The highest BCUT2D eigenvalue weighted by molar-refractivity contribution is 9.10. The molecule has 1 aliphatic rings. The van der Waals surface area contributed by atoms with Crippen LogP contribution in [0, 0.1) is 17.8 Å². The zero-order valence-electron chi connectivity index (χ0n) is 13.0. The molecule has 1 N–H and O–H groups in total. The predicted molar refractivity (Wildman–Crippen MR) is 91.0 cm³/mol. The number of halogens is 1. The van der Waals surface area contributed by atoms with Crippen molar-refractivity contribution in [2.45, 2.75) is 52.5 Å². The fraction of sp³-hybridized carbons (Fsp3) is 0.667. The Morgan fingerprint density at radius 2 is 1.90 bits per heavy atom. The van der Waals surface area contributed by atoms with E-state index in [0.29, 0.717) is 6.04 Å². The van der Waals surface area contributed by atoms with Crippen LogP contribution in [-0.4, -0.2) is 12.6 Å². The summed E-state index contributed by atoms with van der Waals surface area (Å²) in [5.74, 6) is 2.59. The highest BCUT2D eigenvalue weighted by Crippen LogP contribution is 2.35. The Hall–Kier alpha value is -0.340. The zero-order chi connectivity index (χ0) is 14.5. The van der Waals surface area contributed by atoms with Crippen molar-refractivity contribution < 1.29 is 0 Å². The minimum absolute atomic E-state index is 0.625. The second-order valence-electron chi connectivity index (χ2n) is 6.68. The molecule has 112 valence electrons. The summed E-state index contributed by atoms with van der Waals surface area (Å²) in [4.78, 5) is 0. The van der Waals surface area contributed by atoms with Crippen LogP contribution >= 0.6 is 15.9 Å². The Morgan fingerprint density at radius 1 is 1.20 bits per heavy atom. The van der Waals surface area contributed by atoms with Crippen LogP contribution in [0.2, 0.25) is 0 Å². The lowest BCUT2D eigenvalue weighted by molar-refractivity contribution is 0.176. The lowest BCUT2D eigenvalue weighted by Gasteiger charge is -2.37. The minimum atomic E-state index is 0.625. The summed E-state index contributed by atoms with van der Waals surface area (Å²) in [6, 6.07) is 9.40. The van der Waals surface area contributed by atoms with Crippen molar-refractivity contribution in [2.24, 2.45) is 17.8 Å². The highest BCUT2D eigenvalue weighted by atomic mass is 79.9. The van der Waals surface area contributed by atoms with Gasteiger partial charge in [0.1, 0.15) is 0 Å². The molecule has 1 aliphatic carbocycles. The van der Waals surface area contributed by atoms with Crippen LogP contribution in [0.15, 0.2) is 28.7 Å². The van der Waals surface area contributed by atoms with E-state index in [0.717, 1.165) is 30.7 Å². The average molecular weight is 338 g/mol. The van der Waals surface area contributed by atoms with Crippen LogP contribution < -0.4 is 5.32 Å². The summed E-state index contributed by atoms with van der Waals surface area (Å²) < 4.78 is 1.19. The molecule has 1 aromatic carbocycles. The summed E-state index contributed by atoms with van der Waals surface area (Å²) >= 11 is 3.59. The Bertz CT molecular complexity index is 408. The molecule has 20 heavy (non-hydrogen) atoms. The van der Waals surface area contributed by atoms with Gasteiger partial charge in [-0.1, -0.05) is 48.8 Å². The third-order valence-corrected chi connectivity index (χ3v) is 5.09. The van der Waals surface area contributed by atoms with Crippen molar-refractivity contribution in [2.75, 3.05) is 6.54 Å². The van der Waals surface area contributed by atoms with E-state index in [-0.39, 0.29) is 0 Å². The quantitative estimate of drug-likeness (QED) is 0.793. The van der Waals surface area contributed by atoms with Gasteiger partial charge in [-0.25, -0.2) is 0 Å². The van der Waals surface area contributed by atoms with Crippen molar-refractivity contribution >= 4 is 15.9 Å². The topological polar surface area (TPSA) is 12.0 Å². The van der Waals surface area contributed by atoms with Crippen molar-refractivity contribution in [3.63, 3.8) is 0 Å². The van der Waals surface area contributed by atoms with E-state index >= 15 is 0 Å². The van der Waals surface area contributed by atoms with E-state index in [1.165, 1.54) is 29.3 Å². The van der Waals surface area contributed by atoms with Gasteiger partial charge in [-0.2, -0.15) is 0 Å². The van der Waals surface area contributed by atoms with E-state index in [9.17, 15) is 0 Å². The molecule has 2 rings (SSSR count). The maximum absolute atomic E-state index is 3.75. The van der Waals surface area contributed by atoms with Gasteiger partial charge >= 0.3 is 0 Å². The van der Waals surface area contributed by atoms with Gasteiger partial charge < -0.3 is 5.32 Å². The van der Waals surface area contributed by atoms with E-state index in [1.807, 2.05) is 0 Å². The van der Waals surface area contributed by atoms with E-state index in [4.69, 9.17) is 0 Å². The second-order valence-corrected chi connectivity index (χ2v) is 7.59. The highest BCUT2D eigenvalue weighted by Gasteiger charge is 2.29.